The molecule has 0 aromatic heterocycles. The van der Waals surface area contributed by atoms with Crippen molar-refractivity contribution in [1.82, 2.24) is 10.2 Å². The SMILES string of the molecule is CC(NC(=O)N1CSC[C@H]1C(=O)O)C1CCCCC1. The van der Waals surface area contributed by atoms with Gasteiger partial charge in [0, 0.05) is 11.8 Å². The molecule has 0 aromatic carbocycles. The second-order valence-electron chi connectivity index (χ2n) is 5.46. The molecule has 1 aliphatic heterocycles. The summed E-state index contributed by atoms with van der Waals surface area (Å²) in [5, 5.41) is 12.1. The van der Waals surface area contributed by atoms with Crippen molar-refractivity contribution in [3.05, 3.63) is 0 Å². The monoisotopic (exact) mass is 286 g/mol. The fourth-order valence-corrected chi connectivity index (χ4v) is 4.02. The maximum absolute atomic E-state index is 12.2. The molecule has 5 nitrogen and oxygen atoms in total. The smallest absolute Gasteiger partial charge is 0.327 e. The molecule has 2 fully saturated rings. The number of urea groups is 1. The minimum atomic E-state index is -0.912. The maximum atomic E-state index is 12.2. The van der Waals surface area contributed by atoms with Crippen LogP contribution in [-0.4, -0.2) is 45.7 Å². The van der Waals surface area contributed by atoms with E-state index in [0.29, 0.717) is 17.5 Å². The Morgan fingerprint density at radius 1 is 1.32 bits per heavy atom. The molecule has 6 heteroatoms. The topological polar surface area (TPSA) is 69.6 Å². The van der Waals surface area contributed by atoms with Crippen molar-refractivity contribution in [2.75, 3.05) is 11.6 Å². The van der Waals surface area contributed by atoms with E-state index in [2.05, 4.69) is 5.32 Å². The van der Waals surface area contributed by atoms with Crippen LogP contribution in [0.1, 0.15) is 39.0 Å². The fourth-order valence-electron chi connectivity index (χ4n) is 2.88. The third kappa shape index (κ3) is 3.55. The third-order valence-electron chi connectivity index (χ3n) is 4.14. The van der Waals surface area contributed by atoms with Crippen molar-refractivity contribution in [3.8, 4) is 0 Å². The summed E-state index contributed by atoms with van der Waals surface area (Å²) >= 11 is 1.49. The van der Waals surface area contributed by atoms with Crippen LogP contribution in [0.4, 0.5) is 4.79 Å². The van der Waals surface area contributed by atoms with Gasteiger partial charge in [-0.15, -0.1) is 11.8 Å². The lowest BCUT2D eigenvalue weighted by atomic mass is 9.84. The summed E-state index contributed by atoms with van der Waals surface area (Å²) in [7, 11) is 0. The van der Waals surface area contributed by atoms with E-state index in [0.717, 1.165) is 0 Å². The molecule has 108 valence electrons. The molecule has 1 saturated heterocycles. The Balaban J connectivity index is 1.87. The number of hydrogen-bond acceptors (Lipinski definition) is 3. The summed E-state index contributed by atoms with van der Waals surface area (Å²) in [6, 6.07) is -0.771. The second kappa shape index (κ2) is 6.50. The Kier molecular flexibility index (Phi) is 4.96. The molecule has 1 saturated carbocycles. The van der Waals surface area contributed by atoms with Crippen molar-refractivity contribution in [2.24, 2.45) is 5.92 Å². The highest BCUT2D eigenvalue weighted by Crippen LogP contribution is 2.27. The van der Waals surface area contributed by atoms with Gasteiger partial charge >= 0.3 is 12.0 Å². The minimum absolute atomic E-state index is 0.132. The number of nitrogens with one attached hydrogen (secondary N) is 1. The van der Waals surface area contributed by atoms with E-state index >= 15 is 0 Å². The highest BCUT2D eigenvalue weighted by molar-refractivity contribution is 7.99. The van der Waals surface area contributed by atoms with Gasteiger partial charge in [0.05, 0.1) is 5.88 Å². The second-order valence-corrected chi connectivity index (χ2v) is 6.46. The summed E-state index contributed by atoms with van der Waals surface area (Å²) in [5.41, 5.74) is 0. The number of carbonyl (C=O) groups excluding carboxylic acids is 1. The first-order valence-electron chi connectivity index (χ1n) is 6.97. The van der Waals surface area contributed by atoms with Gasteiger partial charge in [-0.3, -0.25) is 0 Å². The van der Waals surface area contributed by atoms with Gasteiger partial charge in [-0.25, -0.2) is 9.59 Å². The van der Waals surface area contributed by atoms with Gasteiger partial charge in [0.1, 0.15) is 6.04 Å². The normalized spacial score (nSPS) is 26.2. The van der Waals surface area contributed by atoms with E-state index in [1.54, 1.807) is 0 Å². The lowest BCUT2D eigenvalue weighted by molar-refractivity contribution is -0.140. The standard InChI is InChI=1S/C13H22N2O3S/c1-9(10-5-3-2-4-6-10)14-13(18)15-8-19-7-11(15)12(16)17/h9-11H,2-8H2,1H3,(H,14,18)(H,16,17)/t9?,11-/m0/s1. The number of hydrogen-bond donors (Lipinski definition) is 2. The number of carbonyl (C=O) groups is 2. The summed E-state index contributed by atoms with van der Waals surface area (Å²) < 4.78 is 0. The van der Waals surface area contributed by atoms with Gasteiger partial charge in [0.15, 0.2) is 0 Å². The Bertz CT molecular complexity index is 345. The zero-order valence-electron chi connectivity index (χ0n) is 11.3. The summed E-state index contributed by atoms with van der Waals surface area (Å²) in [6.07, 6.45) is 6.10. The highest BCUT2D eigenvalue weighted by atomic mass is 32.2. The molecule has 0 spiro atoms. The Hall–Kier alpha value is -0.910. The molecule has 2 atom stereocenters. The van der Waals surface area contributed by atoms with E-state index in [1.165, 1.54) is 48.8 Å². The van der Waals surface area contributed by atoms with Gasteiger partial charge in [-0.05, 0) is 25.7 Å². The molecule has 2 amide bonds. The van der Waals surface area contributed by atoms with Gasteiger partial charge < -0.3 is 15.3 Å². The lowest BCUT2D eigenvalue weighted by Gasteiger charge is -2.30. The summed E-state index contributed by atoms with van der Waals surface area (Å²) in [5.74, 6) is 0.586. The molecular formula is C13H22N2O3S. The van der Waals surface area contributed by atoms with Crippen molar-refractivity contribution in [2.45, 2.75) is 51.1 Å². The number of thioether (sulfide) groups is 1. The van der Waals surface area contributed by atoms with Gasteiger partial charge in [-0.2, -0.15) is 0 Å². The van der Waals surface area contributed by atoms with Crippen LogP contribution >= 0.6 is 11.8 Å². The van der Waals surface area contributed by atoms with Crippen LogP contribution < -0.4 is 5.32 Å². The largest absolute Gasteiger partial charge is 0.480 e. The Morgan fingerprint density at radius 2 is 2.00 bits per heavy atom. The summed E-state index contributed by atoms with van der Waals surface area (Å²) in [4.78, 5) is 24.7. The van der Waals surface area contributed by atoms with Crippen LogP contribution in [0.15, 0.2) is 0 Å². The van der Waals surface area contributed by atoms with E-state index in [9.17, 15) is 9.59 Å². The Morgan fingerprint density at radius 3 is 2.63 bits per heavy atom. The molecular weight excluding hydrogens is 264 g/mol. The first-order chi connectivity index (χ1) is 9.09. The molecule has 0 aromatic rings. The van der Waals surface area contributed by atoms with Crippen molar-refractivity contribution < 1.29 is 14.7 Å². The van der Waals surface area contributed by atoms with E-state index in [4.69, 9.17) is 5.11 Å². The molecule has 2 N–H and O–H groups in total. The highest BCUT2D eigenvalue weighted by Gasteiger charge is 2.35. The first kappa shape index (κ1) is 14.5. The number of carboxylic acid groups (broad SMARTS) is 1. The molecule has 1 aliphatic carbocycles. The molecule has 0 radical (unpaired) electrons. The van der Waals surface area contributed by atoms with Crippen LogP contribution in [0.2, 0.25) is 0 Å². The van der Waals surface area contributed by atoms with Gasteiger partial charge in [0.25, 0.3) is 0 Å². The molecule has 1 heterocycles. The number of amides is 2. The van der Waals surface area contributed by atoms with Gasteiger partial charge in [-0.1, -0.05) is 19.3 Å². The number of nitrogens with zero attached hydrogens (tertiary/aromatic N) is 1. The van der Waals surface area contributed by atoms with Crippen LogP contribution in [-0.2, 0) is 4.79 Å². The predicted molar refractivity (Wildman–Crippen MR) is 75.2 cm³/mol. The van der Waals surface area contributed by atoms with E-state index < -0.39 is 12.0 Å². The first-order valence-corrected chi connectivity index (χ1v) is 8.12. The maximum Gasteiger partial charge on any atom is 0.327 e. The number of aliphatic carboxylic acids is 1. The quantitative estimate of drug-likeness (QED) is 0.834. The van der Waals surface area contributed by atoms with Crippen molar-refractivity contribution >= 4 is 23.8 Å². The molecule has 2 aliphatic rings. The molecule has 1 unspecified atom stereocenters. The lowest BCUT2D eigenvalue weighted by Crippen LogP contribution is -2.50. The zero-order chi connectivity index (χ0) is 13.8. The van der Waals surface area contributed by atoms with Crippen LogP contribution in [0.5, 0.6) is 0 Å². The average molecular weight is 286 g/mol. The van der Waals surface area contributed by atoms with Crippen molar-refractivity contribution in [1.29, 1.82) is 0 Å². The van der Waals surface area contributed by atoms with Crippen molar-refractivity contribution in [3.63, 3.8) is 0 Å². The minimum Gasteiger partial charge on any atom is -0.480 e. The fraction of sp³-hybridized carbons (Fsp3) is 0.846. The summed E-state index contributed by atoms with van der Waals surface area (Å²) in [6.45, 7) is 2.03. The van der Waals surface area contributed by atoms with Crippen LogP contribution in [0.3, 0.4) is 0 Å². The Labute approximate surface area is 118 Å². The molecule has 0 bridgehead atoms. The number of carboxylic acids is 1. The van der Waals surface area contributed by atoms with Crippen LogP contribution in [0, 0.1) is 5.92 Å². The average Bonchev–Trinajstić information content (AvgIpc) is 2.89. The van der Waals surface area contributed by atoms with E-state index in [-0.39, 0.29) is 12.1 Å². The van der Waals surface area contributed by atoms with E-state index in [1.807, 2.05) is 6.92 Å². The zero-order valence-corrected chi connectivity index (χ0v) is 12.1. The molecule has 2 rings (SSSR count). The molecule has 19 heavy (non-hydrogen) atoms. The number of rotatable bonds is 3. The van der Waals surface area contributed by atoms with Gasteiger partial charge in [0.2, 0.25) is 0 Å². The van der Waals surface area contributed by atoms with Crippen LogP contribution in [0.25, 0.3) is 0 Å². The third-order valence-corrected chi connectivity index (χ3v) is 5.15. The predicted octanol–water partition coefficient (Wildman–Crippen LogP) is 2.12.